The van der Waals surface area contributed by atoms with E-state index in [2.05, 4.69) is 41.2 Å². The van der Waals surface area contributed by atoms with Crippen LogP contribution in [0.25, 0.3) is 11.2 Å². The third kappa shape index (κ3) is 12.0. The van der Waals surface area contributed by atoms with Gasteiger partial charge in [-0.25, -0.2) is 23.9 Å². The van der Waals surface area contributed by atoms with Crippen molar-refractivity contribution in [1.29, 1.82) is 0 Å². The minimum absolute atomic E-state index is 0.0135. The molecule has 0 bridgehead atoms. The monoisotopic (exact) mass is 1210 g/mol. The molecular formula is C60H77FN12O12S. The van der Waals surface area contributed by atoms with Gasteiger partial charge in [-0.15, -0.1) is 0 Å². The zero-order valence-corrected chi connectivity index (χ0v) is 49.6. The van der Waals surface area contributed by atoms with Crippen molar-refractivity contribution < 1.29 is 63.2 Å². The Balaban J connectivity index is 0.640. The number of nitrogens with two attached hydrogens (primary N) is 2. The number of halogens is 1. The first-order chi connectivity index (χ1) is 40.8. The van der Waals surface area contributed by atoms with Gasteiger partial charge in [0.2, 0.25) is 17.8 Å². The molecule has 3 aromatic rings. The first-order valence-corrected chi connectivity index (χ1v) is 30.6. The predicted octanol–water partition coefficient (Wildman–Crippen LogP) is 3.67. The van der Waals surface area contributed by atoms with E-state index in [1.807, 2.05) is 17.9 Å². The average molecular weight is 1210 g/mol. The Kier molecular flexibility index (Phi) is 18.6. The lowest BCUT2D eigenvalue weighted by molar-refractivity contribution is -0.215. The lowest BCUT2D eigenvalue weighted by atomic mass is 9.45. The number of nitrogen functional groups attached to an aromatic ring is 2. The number of benzene rings is 1. The average Bonchev–Trinajstić information content (AvgIpc) is 1.34. The predicted molar refractivity (Wildman–Crippen MR) is 316 cm³/mol. The van der Waals surface area contributed by atoms with Crippen molar-refractivity contribution in [2.45, 2.75) is 153 Å². The van der Waals surface area contributed by atoms with Crippen molar-refractivity contribution in [3.63, 3.8) is 0 Å². The number of allylic oxidation sites excluding steroid dienone is 4. The van der Waals surface area contributed by atoms with E-state index >= 15 is 4.39 Å². The first-order valence-electron chi connectivity index (χ1n) is 29.4. The molecular weight excluding hydrogens is 1130 g/mol. The molecule has 24 nitrogen and oxygen atoms in total. The van der Waals surface area contributed by atoms with Gasteiger partial charge in [-0.3, -0.25) is 33.7 Å². The van der Waals surface area contributed by atoms with E-state index < -0.39 is 93.7 Å². The Morgan fingerprint density at radius 3 is 2.41 bits per heavy atom. The number of ketones is 1. The molecule has 11 atom stereocenters. The van der Waals surface area contributed by atoms with Gasteiger partial charge in [-0.1, -0.05) is 50.8 Å². The van der Waals surface area contributed by atoms with Gasteiger partial charge in [0.1, 0.15) is 17.8 Å². The molecule has 3 fully saturated rings. The van der Waals surface area contributed by atoms with Crippen LogP contribution in [0.5, 0.6) is 0 Å². The van der Waals surface area contributed by atoms with Crippen LogP contribution in [0.3, 0.4) is 0 Å². The molecule has 9 rings (SSSR count). The molecule has 462 valence electrons. The fourth-order valence-electron chi connectivity index (χ4n) is 14.3. The van der Waals surface area contributed by atoms with Gasteiger partial charge in [-0.05, 0) is 106 Å². The van der Waals surface area contributed by atoms with Gasteiger partial charge >= 0.3 is 11.9 Å². The van der Waals surface area contributed by atoms with E-state index in [-0.39, 0.29) is 90.7 Å². The number of aliphatic carboxylic acids is 2. The largest absolute Gasteiger partial charge is 0.480 e. The summed E-state index contributed by atoms with van der Waals surface area (Å²) in [7, 11) is 1.81. The summed E-state index contributed by atoms with van der Waals surface area (Å²) < 4.78 is 17.5. The van der Waals surface area contributed by atoms with Crippen LogP contribution >= 0.6 is 11.8 Å². The third-order valence-electron chi connectivity index (χ3n) is 19.0. The topological polar surface area (TPSA) is 376 Å². The van der Waals surface area contributed by atoms with Crippen LogP contribution < -0.4 is 37.6 Å². The number of carboxylic acids is 2. The van der Waals surface area contributed by atoms with Crippen LogP contribution in [0, 0.1) is 28.6 Å². The normalized spacial score (nSPS) is 28.5. The molecule has 1 unspecified atom stereocenters. The summed E-state index contributed by atoms with van der Waals surface area (Å²) in [4.78, 5) is 123. The molecule has 6 aliphatic rings. The van der Waals surface area contributed by atoms with Crippen LogP contribution in [-0.4, -0.2) is 160 Å². The minimum Gasteiger partial charge on any atom is -0.480 e. The van der Waals surface area contributed by atoms with Crippen molar-refractivity contribution in [1.82, 2.24) is 46.1 Å². The van der Waals surface area contributed by atoms with Crippen molar-refractivity contribution in [3.8, 4) is 0 Å². The number of aliphatic hydroxyl groups is 2. The maximum atomic E-state index is 17.5. The van der Waals surface area contributed by atoms with Crippen LogP contribution in [0.15, 0.2) is 65.5 Å². The summed E-state index contributed by atoms with van der Waals surface area (Å²) in [6.45, 7) is 6.16. The lowest BCUT2D eigenvalue weighted by Gasteiger charge is -2.61. The number of nitrogens with zero attached hydrogens (tertiary/aromatic N) is 6. The molecule has 0 spiro atoms. The van der Waals surface area contributed by atoms with E-state index in [9.17, 15) is 58.8 Å². The molecule has 5 amide bonds. The highest BCUT2D eigenvalue weighted by Crippen LogP contribution is 2.70. The molecule has 4 aliphatic carbocycles. The molecule has 2 saturated carbocycles. The summed E-state index contributed by atoms with van der Waals surface area (Å²) in [5, 5.41) is 54.9. The highest BCUT2D eigenvalue weighted by atomic mass is 32.2. The molecule has 2 aliphatic heterocycles. The van der Waals surface area contributed by atoms with Crippen molar-refractivity contribution >= 4 is 87.6 Å². The van der Waals surface area contributed by atoms with E-state index in [1.54, 1.807) is 57.4 Å². The number of hydrogen-bond donors (Lipinski definition) is 10. The fraction of sp³-hybridized carbons (Fsp3) is 0.567. The number of unbranched alkanes of at least 4 members (excludes halogenated alkanes) is 4. The van der Waals surface area contributed by atoms with Gasteiger partial charge in [0.25, 0.3) is 17.7 Å². The summed E-state index contributed by atoms with van der Waals surface area (Å²) >= 11 is 1.36. The number of thioether (sulfide) groups is 1. The number of carbonyl (C=O) groups excluding carboxylic acids is 6. The van der Waals surface area contributed by atoms with Crippen molar-refractivity contribution in [2.24, 2.45) is 28.6 Å². The zero-order chi connectivity index (χ0) is 62.0. The number of carbonyl (C=O) groups is 8. The van der Waals surface area contributed by atoms with Gasteiger partial charge in [-0.2, -0.15) is 21.7 Å². The molecule has 1 saturated heterocycles. The quantitative estimate of drug-likeness (QED) is 0.0329. The number of nitrogens with one attached hydrogen (secondary N) is 4. The Hall–Kier alpha value is -7.58. The number of fused-ring (bicyclic) bond motifs is 7. The summed E-state index contributed by atoms with van der Waals surface area (Å²) in [5.41, 5.74) is 8.64. The molecule has 12 N–H and O–H groups in total. The second-order valence-electron chi connectivity index (χ2n) is 24.3. The minimum atomic E-state index is -2.06. The Bertz CT molecular complexity index is 3290. The summed E-state index contributed by atoms with van der Waals surface area (Å²) in [5.74, 6) is -5.88. The van der Waals surface area contributed by atoms with E-state index in [4.69, 9.17) is 11.5 Å². The molecule has 0 radical (unpaired) electrons. The number of rotatable bonds is 25. The standard InChI is InChI=1S/C60H77FN12O12S/c1-32-26-40-39-17-14-35-27-38(74)21-22-57(35,2)59(39,61)43(75)28-58(40,3)60(32,85)55(84)65-23-9-7-5-6-8-10-45(77)69-46-42-19-13-34(48(54(82)83)73(42)52(46)79)31-86-25-24-64-44(76)20-18-41(53(80)81)68-51(78)33-11-15-37(16-12-33)72(4)30-36-29-66-50-47(67-36)49(62)70-56(63)71-50/h11-12,14-16,21-22,29,32,39-43,46,75,85H,5-10,13,17-20,23-28,30-31H2,1-4H3,(H,64,76)(H,65,84)(H,68,78)(H,69,77)(H,80,81)(H,82,83)(H4,62,63,66,70,71)/t32-,39?,40+,41+,42-,43+,46+,57+,58+,59+,60+/m1/s1. The fourth-order valence-corrected chi connectivity index (χ4v) is 15.2. The van der Waals surface area contributed by atoms with Gasteiger partial charge in [0, 0.05) is 78.9 Å². The maximum absolute atomic E-state index is 17.5. The van der Waals surface area contributed by atoms with E-state index in [0.717, 1.165) is 18.5 Å². The molecule has 1 aromatic carbocycles. The number of β-lactam (4-membered cyclic amide) rings is 1. The van der Waals surface area contributed by atoms with Gasteiger partial charge in [0.15, 0.2) is 34.0 Å². The van der Waals surface area contributed by atoms with Gasteiger partial charge in [0.05, 0.1) is 30.6 Å². The first kappa shape index (κ1) is 62.9. The van der Waals surface area contributed by atoms with Crippen LogP contribution in [-0.2, 0) is 40.1 Å². The number of aliphatic hydroxyl groups excluding tert-OH is 1. The Morgan fingerprint density at radius 1 is 0.942 bits per heavy atom. The second kappa shape index (κ2) is 25.4. The molecule has 26 heteroatoms. The zero-order valence-electron chi connectivity index (χ0n) is 48.8. The van der Waals surface area contributed by atoms with E-state index in [0.29, 0.717) is 86.1 Å². The highest BCUT2D eigenvalue weighted by molar-refractivity contribution is 7.99. The van der Waals surface area contributed by atoms with Crippen LogP contribution in [0.2, 0.25) is 0 Å². The SMILES string of the molecule is C[C@@H]1C[C@H]2C3CC=C4CC(=O)C=C[C@]4(C)[C@@]3(F)[C@@H](O)C[C@]2(C)[C@@]1(O)C(=O)NCCCCCCCC(=O)N[C@@H]1C(=O)N2C(C(=O)O)=C(CSCCNC(=O)CC[C@H](NC(=O)c3ccc(N(C)Cc4cnc5nc(N)nc(N)c5n4)cc3)C(=O)O)CC[C@H]12. The molecule has 2 aromatic heterocycles. The third-order valence-corrected chi connectivity index (χ3v) is 20.1. The molecule has 4 heterocycles. The number of aromatic nitrogens is 4. The number of anilines is 3. The van der Waals surface area contributed by atoms with Crippen molar-refractivity contribution in [2.75, 3.05) is 48.0 Å². The summed E-state index contributed by atoms with van der Waals surface area (Å²) in [6, 6.07) is 3.77. The number of hydrogen-bond acceptors (Lipinski definition) is 18. The van der Waals surface area contributed by atoms with Crippen molar-refractivity contribution in [3.05, 3.63) is 76.8 Å². The van der Waals surface area contributed by atoms with Crippen LogP contribution in [0.1, 0.15) is 127 Å². The lowest BCUT2D eigenvalue weighted by Crippen LogP contribution is -2.71. The number of amides is 5. The molecule has 86 heavy (non-hydrogen) atoms. The number of carboxylic acid groups (broad SMARTS) is 2. The highest BCUT2D eigenvalue weighted by Gasteiger charge is 2.75. The second-order valence-corrected chi connectivity index (χ2v) is 25.4. The Morgan fingerprint density at radius 2 is 1.67 bits per heavy atom. The maximum Gasteiger partial charge on any atom is 0.352 e. The van der Waals surface area contributed by atoms with Gasteiger partial charge < -0.3 is 58.1 Å². The van der Waals surface area contributed by atoms with Crippen LogP contribution in [0.4, 0.5) is 21.8 Å². The Labute approximate surface area is 501 Å². The smallest absolute Gasteiger partial charge is 0.352 e. The van der Waals surface area contributed by atoms with E-state index in [1.165, 1.54) is 22.7 Å². The summed E-state index contributed by atoms with van der Waals surface area (Å²) in [6.07, 6.45) is 9.70. The number of alkyl halides is 1.